The van der Waals surface area contributed by atoms with Crippen LogP contribution in [0.3, 0.4) is 0 Å². The zero-order valence-corrected chi connectivity index (χ0v) is 15.0. The fourth-order valence-electron chi connectivity index (χ4n) is 1.35. The van der Waals surface area contributed by atoms with Gasteiger partial charge in [-0.1, -0.05) is 48.7 Å². The molecule has 1 aromatic carbocycles. The highest BCUT2D eigenvalue weighted by molar-refractivity contribution is 6.40. The van der Waals surface area contributed by atoms with Crippen LogP contribution in [0.25, 0.3) is 0 Å². The monoisotopic (exact) mass is 366 g/mol. The second-order valence-electron chi connectivity index (χ2n) is 5.71. The highest BCUT2D eigenvalue weighted by Crippen LogP contribution is 2.37. The van der Waals surface area contributed by atoms with E-state index in [0.717, 1.165) is 0 Å². The molecule has 0 radical (unpaired) electrons. The van der Waals surface area contributed by atoms with Gasteiger partial charge in [-0.2, -0.15) is 0 Å². The van der Waals surface area contributed by atoms with Crippen molar-refractivity contribution < 1.29 is 19.1 Å². The number of rotatable bonds is 5. The molecule has 0 fully saturated rings. The van der Waals surface area contributed by atoms with Gasteiger partial charge in [0.2, 0.25) is 0 Å². The molecule has 0 unspecified atom stereocenters. The Kier molecular flexibility index (Phi) is 6.53. The summed E-state index contributed by atoms with van der Waals surface area (Å²) in [5, 5.41) is 0.472. The average molecular weight is 368 g/mol. The van der Waals surface area contributed by atoms with E-state index in [1.807, 2.05) is 13.8 Å². The molecule has 7 heteroatoms. The summed E-state index contributed by atoms with van der Waals surface area (Å²) in [6.07, 6.45) is 0. The minimum atomic E-state index is -1.48. The van der Waals surface area contributed by atoms with Crippen molar-refractivity contribution in [3.05, 3.63) is 27.2 Å². The number of carbonyl (C=O) groups excluding carboxylic acids is 2. The van der Waals surface area contributed by atoms with Crippen LogP contribution in [0.4, 0.5) is 0 Å². The van der Waals surface area contributed by atoms with Crippen molar-refractivity contribution in [2.75, 3.05) is 6.61 Å². The normalized spacial score (nSPS) is 11.5. The number of esters is 2. The molecule has 0 bridgehead atoms. The molecule has 0 saturated heterocycles. The topological polar surface area (TPSA) is 52.6 Å². The van der Waals surface area contributed by atoms with E-state index in [-0.39, 0.29) is 28.3 Å². The number of hydrogen-bond donors (Lipinski definition) is 0. The van der Waals surface area contributed by atoms with Crippen LogP contribution in [-0.4, -0.2) is 18.5 Å². The van der Waals surface area contributed by atoms with Crippen LogP contribution >= 0.6 is 34.8 Å². The predicted octanol–water partition coefficient (Wildman–Crippen LogP) is 4.78. The van der Waals surface area contributed by atoms with E-state index in [1.165, 1.54) is 26.0 Å². The smallest absolute Gasteiger partial charge is 0.328 e. The van der Waals surface area contributed by atoms with Crippen LogP contribution in [0.1, 0.15) is 27.7 Å². The van der Waals surface area contributed by atoms with Crippen molar-refractivity contribution in [1.82, 2.24) is 0 Å². The lowest BCUT2D eigenvalue weighted by Gasteiger charge is -2.22. The molecule has 0 atom stereocenters. The van der Waals surface area contributed by atoms with Gasteiger partial charge in [0.15, 0.2) is 11.2 Å². The fraction of sp³-hybridized carbons (Fsp3) is 0.467. The number of carbonyl (C=O) groups is 2. The number of ether oxygens (including phenoxy) is 2. The molecular weight excluding hydrogens is 351 g/mol. The van der Waals surface area contributed by atoms with Crippen LogP contribution in [0, 0.1) is 11.3 Å². The summed E-state index contributed by atoms with van der Waals surface area (Å²) in [6, 6.07) is 2.78. The van der Waals surface area contributed by atoms with Crippen LogP contribution < -0.4 is 4.74 Å². The second-order valence-corrected chi connectivity index (χ2v) is 6.96. The number of benzene rings is 1. The summed E-state index contributed by atoms with van der Waals surface area (Å²) in [5.74, 6) is -1.36. The third kappa shape index (κ3) is 4.77. The molecule has 0 aromatic heterocycles. The van der Waals surface area contributed by atoms with Crippen LogP contribution in [0.2, 0.25) is 15.1 Å². The van der Waals surface area contributed by atoms with E-state index in [4.69, 9.17) is 44.3 Å². The van der Waals surface area contributed by atoms with E-state index >= 15 is 0 Å². The van der Waals surface area contributed by atoms with Crippen molar-refractivity contribution >= 4 is 46.7 Å². The first-order valence-corrected chi connectivity index (χ1v) is 7.73. The summed E-state index contributed by atoms with van der Waals surface area (Å²) < 4.78 is 10.2. The molecule has 22 heavy (non-hydrogen) atoms. The zero-order chi connectivity index (χ0) is 17.1. The average Bonchev–Trinajstić information content (AvgIpc) is 2.39. The molecular formula is C15H17Cl3O4. The Morgan fingerprint density at radius 1 is 1.09 bits per heavy atom. The van der Waals surface area contributed by atoms with Gasteiger partial charge in [-0.15, -0.1) is 0 Å². The van der Waals surface area contributed by atoms with Gasteiger partial charge < -0.3 is 9.47 Å². The van der Waals surface area contributed by atoms with Crippen molar-refractivity contribution in [3.63, 3.8) is 0 Å². The van der Waals surface area contributed by atoms with E-state index < -0.39 is 17.4 Å². The molecule has 122 valence electrons. The minimum absolute atomic E-state index is 0.0394. The van der Waals surface area contributed by atoms with Gasteiger partial charge >= 0.3 is 11.9 Å². The van der Waals surface area contributed by atoms with E-state index in [9.17, 15) is 9.59 Å². The summed E-state index contributed by atoms with van der Waals surface area (Å²) in [4.78, 5) is 24.3. The van der Waals surface area contributed by atoms with Gasteiger partial charge in [0.25, 0.3) is 0 Å². The first kappa shape index (κ1) is 19.1. The SMILES string of the molecule is CC(C)COC(=O)C(C)(C)C(=O)Oc1c(Cl)cc(Cl)cc1Cl. The van der Waals surface area contributed by atoms with E-state index in [2.05, 4.69) is 0 Å². The molecule has 1 rings (SSSR count). The van der Waals surface area contributed by atoms with Crippen LogP contribution in [-0.2, 0) is 14.3 Å². The van der Waals surface area contributed by atoms with Gasteiger partial charge in [0, 0.05) is 5.02 Å². The number of hydrogen-bond acceptors (Lipinski definition) is 4. The van der Waals surface area contributed by atoms with Crippen molar-refractivity contribution in [2.24, 2.45) is 11.3 Å². The maximum absolute atomic E-state index is 12.2. The molecule has 0 aliphatic rings. The van der Waals surface area contributed by atoms with Crippen molar-refractivity contribution in [1.29, 1.82) is 0 Å². The van der Waals surface area contributed by atoms with Crippen LogP contribution in [0.5, 0.6) is 5.75 Å². The second kappa shape index (κ2) is 7.53. The lowest BCUT2D eigenvalue weighted by atomic mass is 9.94. The standard InChI is InChI=1S/C15H17Cl3O4/c1-8(2)7-21-13(19)15(3,4)14(20)22-12-10(17)5-9(16)6-11(12)18/h5-6,8H,7H2,1-4H3. The first-order valence-electron chi connectivity index (χ1n) is 6.59. The highest BCUT2D eigenvalue weighted by Gasteiger charge is 2.40. The minimum Gasteiger partial charge on any atom is -0.465 e. The maximum atomic E-state index is 12.2. The van der Waals surface area contributed by atoms with Crippen LogP contribution in [0.15, 0.2) is 12.1 Å². The van der Waals surface area contributed by atoms with Gasteiger partial charge in [0.05, 0.1) is 16.7 Å². The predicted molar refractivity (Wildman–Crippen MR) is 86.7 cm³/mol. The Morgan fingerprint density at radius 3 is 2.05 bits per heavy atom. The molecule has 0 aliphatic carbocycles. The summed E-state index contributed by atoms with van der Waals surface area (Å²) >= 11 is 17.7. The maximum Gasteiger partial charge on any atom is 0.328 e. The Hall–Kier alpha value is -0.970. The van der Waals surface area contributed by atoms with Gasteiger partial charge in [-0.3, -0.25) is 9.59 Å². The largest absolute Gasteiger partial charge is 0.465 e. The third-order valence-corrected chi connectivity index (χ3v) is 3.51. The Bertz CT molecular complexity index is 559. The number of halogens is 3. The van der Waals surface area contributed by atoms with Crippen molar-refractivity contribution in [2.45, 2.75) is 27.7 Å². The quantitative estimate of drug-likeness (QED) is 0.427. The lowest BCUT2D eigenvalue weighted by molar-refractivity contribution is -0.165. The molecule has 0 heterocycles. The lowest BCUT2D eigenvalue weighted by Crippen LogP contribution is -2.38. The summed E-state index contributed by atoms with van der Waals surface area (Å²) in [5.41, 5.74) is -1.48. The first-order chi connectivity index (χ1) is 10.1. The molecule has 4 nitrogen and oxygen atoms in total. The Morgan fingerprint density at radius 2 is 1.59 bits per heavy atom. The third-order valence-electron chi connectivity index (χ3n) is 2.73. The summed E-state index contributed by atoms with van der Waals surface area (Å²) in [7, 11) is 0. The van der Waals surface area contributed by atoms with E-state index in [0.29, 0.717) is 5.02 Å². The van der Waals surface area contributed by atoms with Crippen molar-refractivity contribution in [3.8, 4) is 5.75 Å². The van der Waals surface area contributed by atoms with Gasteiger partial charge in [0.1, 0.15) is 0 Å². The summed E-state index contributed by atoms with van der Waals surface area (Å²) in [6.45, 7) is 6.83. The Labute approximate surface area is 144 Å². The molecule has 0 amide bonds. The molecule has 0 aliphatic heterocycles. The van der Waals surface area contributed by atoms with Gasteiger partial charge in [-0.05, 0) is 31.9 Å². The fourth-order valence-corrected chi connectivity index (χ4v) is 2.25. The molecule has 0 saturated carbocycles. The zero-order valence-electron chi connectivity index (χ0n) is 12.7. The highest BCUT2D eigenvalue weighted by atomic mass is 35.5. The van der Waals surface area contributed by atoms with Gasteiger partial charge in [-0.25, -0.2) is 0 Å². The van der Waals surface area contributed by atoms with E-state index in [1.54, 1.807) is 0 Å². The molecule has 0 N–H and O–H groups in total. The molecule has 0 spiro atoms. The molecule has 1 aromatic rings. The Balaban J connectivity index is 2.90.